The van der Waals surface area contributed by atoms with E-state index in [-0.39, 0.29) is 27.8 Å². The Morgan fingerprint density at radius 2 is 1.79 bits per heavy atom. The average Bonchev–Trinajstić information content (AvgIpc) is 3.78. The third-order valence-corrected chi connectivity index (χ3v) is 9.35. The molecule has 1 saturated heterocycles. The number of hydrogen-bond donors (Lipinski definition) is 1. The number of pyridine rings is 1. The van der Waals surface area contributed by atoms with Crippen molar-refractivity contribution in [2.24, 2.45) is 0 Å². The third kappa shape index (κ3) is 5.17. The normalized spacial score (nSPS) is 19.7. The molecule has 3 aromatic rings. The minimum atomic E-state index is -4.52. The van der Waals surface area contributed by atoms with Gasteiger partial charge < -0.3 is 9.30 Å². The van der Waals surface area contributed by atoms with Crippen molar-refractivity contribution < 1.29 is 26.3 Å². The summed E-state index contributed by atoms with van der Waals surface area (Å²) in [5.41, 5.74) is 1.09. The number of benzene rings is 2. The van der Waals surface area contributed by atoms with Gasteiger partial charge in [-0.1, -0.05) is 24.3 Å². The summed E-state index contributed by atoms with van der Waals surface area (Å²) in [6, 6.07) is 11.5. The summed E-state index contributed by atoms with van der Waals surface area (Å²) in [4.78, 5) is 13.9. The molecule has 2 atom stereocenters. The van der Waals surface area contributed by atoms with Crippen molar-refractivity contribution in [1.29, 1.82) is 0 Å². The Balaban J connectivity index is 1.37. The van der Waals surface area contributed by atoms with Gasteiger partial charge in [0.25, 0.3) is 0 Å². The SMILES string of the molecule is Cc1c(-c2cccc(C(F)(F)F)c2)c(=O)c(C2OC2NCc2ccc(S(=O)(=O)C3CC3)cc2)cn1C(C)C. The lowest BCUT2D eigenvalue weighted by atomic mass is 9.97. The second kappa shape index (κ2) is 9.66. The zero-order valence-corrected chi connectivity index (χ0v) is 22.1. The molecule has 2 aromatic carbocycles. The van der Waals surface area contributed by atoms with Crippen LogP contribution in [0, 0.1) is 6.92 Å². The molecule has 0 amide bonds. The molecule has 1 aliphatic carbocycles. The molecular formula is C28H29F3N2O4S. The second-order valence-corrected chi connectivity index (χ2v) is 12.4. The fourth-order valence-corrected chi connectivity index (χ4v) is 6.42. The lowest BCUT2D eigenvalue weighted by molar-refractivity contribution is -0.137. The summed E-state index contributed by atoms with van der Waals surface area (Å²) in [6.45, 7) is 6.01. The van der Waals surface area contributed by atoms with E-state index < -0.39 is 33.9 Å². The molecule has 2 aliphatic rings. The standard InChI is InChI=1S/C28H29F3N2O4S/c1-16(2)33-15-23(25(34)24(17(33)3)19-5-4-6-20(13-19)28(29,30)31)26-27(37-26)32-14-18-7-9-21(10-8-18)38(35,36)22-11-12-22/h4-10,13,15-16,22,26-27,32H,11-12,14H2,1-3H3. The first kappa shape index (κ1) is 26.6. The van der Waals surface area contributed by atoms with Crippen LogP contribution < -0.4 is 10.7 Å². The third-order valence-electron chi connectivity index (χ3n) is 7.07. The molecule has 0 radical (unpaired) electrons. The number of epoxide rings is 1. The molecule has 202 valence electrons. The van der Waals surface area contributed by atoms with E-state index in [1.807, 2.05) is 18.4 Å². The Hall–Kier alpha value is -2.95. The number of sulfone groups is 1. The number of nitrogens with zero attached hydrogens (tertiary/aromatic N) is 1. The minimum Gasteiger partial charge on any atom is -0.348 e. The molecule has 2 unspecified atom stereocenters. The van der Waals surface area contributed by atoms with Crippen LogP contribution in [0.25, 0.3) is 11.1 Å². The van der Waals surface area contributed by atoms with E-state index in [9.17, 15) is 26.4 Å². The first-order valence-electron chi connectivity index (χ1n) is 12.5. The highest BCUT2D eigenvalue weighted by Crippen LogP contribution is 2.38. The Kier molecular flexibility index (Phi) is 6.77. The quantitative estimate of drug-likeness (QED) is 0.375. The highest BCUT2D eigenvalue weighted by Gasteiger charge is 2.43. The van der Waals surface area contributed by atoms with Gasteiger partial charge in [-0.3, -0.25) is 10.1 Å². The van der Waals surface area contributed by atoms with Crippen LogP contribution in [0.4, 0.5) is 13.2 Å². The molecule has 5 rings (SSSR count). The summed E-state index contributed by atoms with van der Waals surface area (Å²) in [5.74, 6) is 0. The first-order valence-corrected chi connectivity index (χ1v) is 14.1. The zero-order valence-electron chi connectivity index (χ0n) is 21.2. The maximum absolute atomic E-state index is 13.6. The first-order chi connectivity index (χ1) is 17.9. The summed E-state index contributed by atoms with van der Waals surface area (Å²) in [6.07, 6.45) is -2.38. The van der Waals surface area contributed by atoms with Crippen LogP contribution in [-0.4, -0.2) is 24.5 Å². The monoisotopic (exact) mass is 546 g/mol. The van der Waals surface area contributed by atoms with Crippen molar-refractivity contribution in [3.63, 3.8) is 0 Å². The van der Waals surface area contributed by atoms with Gasteiger partial charge in [-0.25, -0.2) is 8.42 Å². The predicted molar refractivity (Wildman–Crippen MR) is 137 cm³/mol. The van der Waals surface area contributed by atoms with E-state index >= 15 is 0 Å². The Bertz CT molecular complexity index is 1530. The van der Waals surface area contributed by atoms with Crippen LogP contribution >= 0.6 is 0 Å². The van der Waals surface area contributed by atoms with Crippen LogP contribution in [0.15, 0.2) is 64.4 Å². The number of halogens is 3. The van der Waals surface area contributed by atoms with Crippen molar-refractivity contribution in [1.82, 2.24) is 9.88 Å². The fourth-order valence-electron chi connectivity index (χ4n) is 4.76. The van der Waals surface area contributed by atoms with Crippen molar-refractivity contribution in [3.05, 3.63) is 87.3 Å². The van der Waals surface area contributed by atoms with Gasteiger partial charge in [-0.15, -0.1) is 0 Å². The average molecular weight is 547 g/mol. The molecule has 38 heavy (non-hydrogen) atoms. The van der Waals surface area contributed by atoms with Gasteiger partial charge in [-0.2, -0.15) is 13.2 Å². The maximum atomic E-state index is 13.6. The number of rotatable bonds is 8. The zero-order chi connectivity index (χ0) is 27.4. The highest BCUT2D eigenvalue weighted by molar-refractivity contribution is 7.92. The van der Waals surface area contributed by atoms with Gasteiger partial charge in [0, 0.05) is 35.6 Å². The maximum Gasteiger partial charge on any atom is 0.416 e. The van der Waals surface area contributed by atoms with Gasteiger partial charge in [0.2, 0.25) is 0 Å². The van der Waals surface area contributed by atoms with Crippen molar-refractivity contribution in [2.75, 3.05) is 0 Å². The minimum absolute atomic E-state index is 0.0329. The molecule has 6 nitrogen and oxygen atoms in total. The fraction of sp³-hybridized carbons (Fsp3) is 0.393. The largest absolute Gasteiger partial charge is 0.416 e. The molecule has 10 heteroatoms. The van der Waals surface area contributed by atoms with E-state index in [4.69, 9.17) is 4.74 Å². The van der Waals surface area contributed by atoms with Gasteiger partial charge in [0.15, 0.2) is 15.3 Å². The summed E-state index contributed by atoms with van der Waals surface area (Å²) in [7, 11) is -3.25. The molecule has 1 saturated carbocycles. The number of alkyl halides is 3. The van der Waals surface area contributed by atoms with Crippen molar-refractivity contribution in [3.8, 4) is 11.1 Å². The Labute approximate surface area is 219 Å². The summed E-state index contributed by atoms with van der Waals surface area (Å²) in [5, 5.41) is 2.96. The van der Waals surface area contributed by atoms with Gasteiger partial charge in [-0.05, 0) is 69.0 Å². The van der Waals surface area contributed by atoms with E-state index in [1.54, 1.807) is 37.4 Å². The van der Waals surface area contributed by atoms with Crippen LogP contribution in [0.5, 0.6) is 0 Å². The van der Waals surface area contributed by atoms with E-state index in [0.717, 1.165) is 17.7 Å². The van der Waals surface area contributed by atoms with Crippen molar-refractivity contribution in [2.45, 2.75) is 74.9 Å². The van der Waals surface area contributed by atoms with E-state index in [1.165, 1.54) is 12.1 Å². The summed E-state index contributed by atoms with van der Waals surface area (Å²) >= 11 is 0. The van der Waals surface area contributed by atoms with Crippen LogP contribution in [0.1, 0.15) is 61.2 Å². The molecular weight excluding hydrogens is 517 g/mol. The molecule has 1 aliphatic heterocycles. The van der Waals surface area contributed by atoms with Crippen LogP contribution in [0.2, 0.25) is 0 Å². The van der Waals surface area contributed by atoms with Gasteiger partial charge in [0.1, 0.15) is 12.3 Å². The second-order valence-electron chi connectivity index (χ2n) is 10.2. The van der Waals surface area contributed by atoms with Crippen LogP contribution in [0.3, 0.4) is 0 Å². The summed E-state index contributed by atoms with van der Waals surface area (Å²) < 4.78 is 72.5. The molecule has 1 N–H and O–H groups in total. The Morgan fingerprint density at radius 1 is 1.11 bits per heavy atom. The highest BCUT2D eigenvalue weighted by atomic mass is 32.2. The smallest absolute Gasteiger partial charge is 0.348 e. The molecule has 0 spiro atoms. The Morgan fingerprint density at radius 3 is 2.39 bits per heavy atom. The number of aromatic nitrogens is 1. The van der Waals surface area contributed by atoms with E-state index in [0.29, 0.717) is 35.5 Å². The number of ether oxygens (including phenoxy) is 1. The predicted octanol–water partition coefficient (Wildman–Crippen LogP) is 5.55. The molecule has 0 bridgehead atoms. The van der Waals surface area contributed by atoms with Gasteiger partial charge in [0.05, 0.1) is 15.7 Å². The van der Waals surface area contributed by atoms with Crippen molar-refractivity contribution >= 4 is 9.84 Å². The number of nitrogens with one attached hydrogen (secondary N) is 1. The van der Waals surface area contributed by atoms with E-state index in [2.05, 4.69) is 5.32 Å². The lowest BCUT2D eigenvalue weighted by Crippen LogP contribution is -2.23. The molecule has 2 heterocycles. The molecule has 2 fully saturated rings. The lowest BCUT2D eigenvalue weighted by Gasteiger charge is -2.20. The topological polar surface area (TPSA) is 80.7 Å². The van der Waals surface area contributed by atoms with Gasteiger partial charge >= 0.3 is 6.18 Å². The number of hydrogen-bond acceptors (Lipinski definition) is 5. The van der Waals surface area contributed by atoms with Crippen LogP contribution in [-0.2, 0) is 27.3 Å². The molecule has 1 aromatic heterocycles.